The molecule has 0 aliphatic carbocycles. The molecule has 152 valence electrons. The lowest BCUT2D eigenvalue weighted by Gasteiger charge is -2.42. The Balaban J connectivity index is 1.49. The van der Waals surface area contributed by atoms with Crippen LogP contribution in [-0.2, 0) is 14.3 Å². The molecule has 0 saturated carbocycles. The van der Waals surface area contributed by atoms with Gasteiger partial charge in [0.05, 0.1) is 6.04 Å². The van der Waals surface area contributed by atoms with Gasteiger partial charge in [-0.15, -0.1) is 0 Å². The molecule has 29 heavy (non-hydrogen) atoms. The number of carbonyl (C=O) groups excluding carboxylic acids is 2. The second-order valence-corrected chi connectivity index (χ2v) is 7.74. The highest BCUT2D eigenvalue weighted by Gasteiger charge is 2.42. The monoisotopic (exact) mass is 393 g/mol. The Labute approximate surface area is 171 Å². The molecule has 2 aliphatic heterocycles. The Bertz CT molecular complexity index is 861. The number of ether oxygens (including phenoxy) is 1. The molecule has 0 aromatic heterocycles. The van der Waals surface area contributed by atoms with E-state index in [1.807, 2.05) is 54.3 Å². The number of rotatable bonds is 3. The van der Waals surface area contributed by atoms with Crippen molar-refractivity contribution in [3.63, 3.8) is 0 Å². The number of para-hydroxylation sites is 1. The molecule has 2 unspecified atom stereocenters. The maximum Gasteiger partial charge on any atom is 0.254 e. The Morgan fingerprint density at radius 2 is 1.62 bits per heavy atom. The van der Waals surface area contributed by atoms with Gasteiger partial charge in [-0.05, 0) is 24.6 Å². The van der Waals surface area contributed by atoms with E-state index in [1.165, 1.54) is 5.69 Å². The predicted octanol–water partition coefficient (Wildman–Crippen LogP) is 2.24. The van der Waals surface area contributed by atoms with Crippen molar-refractivity contribution in [1.82, 2.24) is 9.80 Å². The first kappa shape index (κ1) is 19.5. The topological polar surface area (TPSA) is 53.1 Å². The first-order valence-electron chi connectivity index (χ1n) is 10.1. The molecule has 0 N–H and O–H groups in total. The third kappa shape index (κ3) is 3.98. The molecule has 0 radical (unpaired) electrons. The van der Waals surface area contributed by atoms with Gasteiger partial charge in [0.25, 0.3) is 5.91 Å². The molecule has 6 nitrogen and oxygen atoms in total. The smallest absolute Gasteiger partial charge is 0.254 e. The molecule has 2 aromatic carbocycles. The summed E-state index contributed by atoms with van der Waals surface area (Å²) in [4.78, 5) is 31.4. The number of benzene rings is 2. The highest BCUT2D eigenvalue weighted by molar-refractivity contribution is 5.86. The Kier molecular flexibility index (Phi) is 5.53. The summed E-state index contributed by atoms with van der Waals surface area (Å²) in [6.45, 7) is 4.82. The summed E-state index contributed by atoms with van der Waals surface area (Å²) in [7, 11) is 1.75. The second kappa shape index (κ2) is 8.25. The first-order valence-corrected chi connectivity index (χ1v) is 10.1. The minimum Gasteiger partial charge on any atom is -0.368 e. The number of nitrogens with zero attached hydrogens (tertiary/aromatic N) is 3. The molecule has 0 spiro atoms. The Morgan fingerprint density at radius 1 is 0.966 bits per heavy atom. The van der Waals surface area contributed by atoms with Crippen molar-refractivity contribution >= 4 is 17.5 Å². The molecular formula is C23H27N3O3. The normalized spacial score (nSPS) is 22.7. The van der Waals surface area contributed by atoms with E-state index in [4.69, 9.17) is 4.74 Å². The fraction of sp³-hybridized carbons (Fsp3) is 0.391. The molecule has 0 bridgehead atoms. The fourth-order valence-corrected chi connectivity index (χ4v) is 4.08. The average molecular weight is 393 g/mol. The van der Waals surface area contributed by atoms with Crippen LogP contribution in [0.15, 0.2) is 54.6 Å². The molecule has 2 saturated heterocycles. The quantitative estimate of drug-likeness (QED) is 0.803. The van der Waals surface area contributed by atoms with Gasteiger partial charge in [0.15, 0.2) is 6.10 Å². The summed E-state index contributed by atoms with van der Waals surface area (Å²) >= 11 is 0. The minimum absolute atomic E-state index is 0.0392. The third-order valence-corrected chi connectivity index (χ3v) is 5.86. The van der Waals surface area contributed by atoms with Crippen LogP contribution in [0.5, 0.6) is 0 Å². The van der Waals surface area contributed by atoms with Gasteiger partial charge >= 0.3 is 0 Å². The van der Waals surface area contributed by atoms with E-state index < -0.39 is 12.1 Å². The van der Waals surface area contributed by atoms with Crippen LogP contribution in [0.25, 0.3) is 0 Å². The van der Waals surface area contributed by atoms with Crippen LogP contribution >= 0.6 is 0 Å². The number of likely N-dealkylation sites (N-methyl/N-ethyl adjacent to an activating group) is 1. The molecule has 6 heteroatoms. The van der Waals surface area contributed by atoms with Gasteiger partial charge in [-0.3, -0.25) is 9.59 Å². The number of hydrogen-bond acceptors (Lipinski definition) is 4. The van der Waals surface area contributed by atoms with E-state index in [9.17, 15) is 9.59 Å². The number of aryl methyl sites for hydroxylation is 1. The summed E-state index contributed by atoms with van der Waals surface area (Å²) in [5.41, 5.74) is 3.24. The second-order valence-electron chi connectivity index (χ2n) is 7.74. The number of morpholine rings is 1. The molecule has 2 atom stereocenters. The van der Waals surface area contributed by atoms with E-state index in [2.05, 4.69) is 17.0 Å². The van der Waals surface area contributed by atoms with E-state index in [0.29, 0.717) is 13.1 Å². The fourth-order valence-electron chi connectivity index (χ4n) is 4.08. The summed E-state index contributed by atoms with van der Waals surface area (Å²) in [5, 5.41) is 0. The lowest BCUT2D eigenvalue weighted by molar-refractivity contribution is -0.167. The van der Waals surface area contributed by atoms with Crippen LogP contribution in [0.2, 0.25) is 0 Å². The number of anilines is 1. The van der Waals surface area contributed by atoms with Gasteiger partial charge < -0.3 is 19.4 Å². The molecule has 2 aromatic rings. The van der Waals surface area contributed by atoms with Crippen molar-refractivity contribution in [2.75, 3.05) is 44.7 Å². The van der Waals surface area contributed by atoms with Gasteiger partial charge in [0.1, 0.15) is 6.61 Å². The zero-order valence-electron chi connectivity index (χ0n) is 17.0. The molecule has 2 fully saturated rings. The van der Waals surface area contributed by atoms with Crippen molar-refractivity contribution in [2.45, 2.75) is 19.1 Å². The largest absolute Gasteiger partial charge is 0.368 e. The van der Waals surface area contributed by atoms with Crippen LogP contribution < -0.4 is 4.90 Å². The predicted molar refractivity (Wildman–Crippen MR) is 112 cm³/mol. The maximum atomic E-state index is 13.3. The zero-order chi connectivity index (χ0) is 20.4. The van der Waals surface area contributed by atoms with E-state index in [-0.39, 0.29) is 18.4 Å². The van der Waals surface area contributed by atoms with Gasteiger partial charge in [-0.2, -0.15) is 0 Å². The molecule has 2 aliphatic rings. The highest BCUT2D eigenvalue weighted by Crippen LogP contribution is 2.31. The lowest BCUT2D eigenvalue weighted by atomic mass is 9.96. The van der Waals surface area contributed by atoms with Crippen molar-refractivity contribution in [1.29, 1.82) is 0 Å². The number of amides is 2. The van der Waals surface area contributed by atoms with Crippen molar-refractivity contribution in [3.05, 3.63) is 65.7 Å². The van der Waals surface area contributed by atoms with Crippen LogP contribution in [0.3, 0.4) is 0 Å². The Morgan fingerprint density at radius 3 is 2.28 bits per heavy atom. The van der Waals surface area contributed by atoms with Gasteiger partial charge in [-0.25, -0.2) is 0 Å². The van der Waals surface area contributed by atoms with Crippen molar-refractivity contribution < 1.29 is 14.3 Å². The molecule has 4 rings (SSSR count). The van der Waals surface area contributed by atoms with Gasteiger partial charge in [0.2, 0.25) is 5.91 Å². The summed E-state index contributed by atoms with van der Waals surface area (Å²) in [6, 6.07) is 17.8. The van der Waals surface area contributed by atoms with E-state index in [0.717, 1.165) is 24.2 Å². The van der Waals surface area contributed by atoms with Crippen molar-refractivity contribution in [3.8, 4) is 0 Å². The van der Waals surface area contributed by atoms with E-state index >= 15 is 0 Å². The molecular weight excluding hydrogens is 366 g/mol. The summed E-state index contributed by atoms with van der Waals surface area (Å²) in [6.07, 6.45) is -0.677. The standard InChI is InChI=1S/C23H27N3O3/c1-17-8-10-18(11-9-17)21-22(29-16-20(27)24(21)2)23(28)26-14-12-25(13-15-26)19-6-4-3-5-7-19/h3-11,21-22H,12-16H2,1-2H3. The highest BCUT2D eigenvalue weighted by atomic mass is 16.5. The maximum absolute atomic E-state index is 13.3. The SMILES string of the molecule is Cc1ccc(C2C(C(=O)N3CCN(c4ccccc4)CC3)OCC(=O)N2C)cc1. The summed E-state index contributed by atoms with van der Waals surface area (Å²) in [5.74, 6) is -0.142. The number of hydrogen-bond donors (Lipinski definition) is 0. The zero-order valence-corrected chi connectivity index (χ0v) is 17.0. The lowest BCUT2D eigenvalue weighted by Crippen LogP contribution is -2.57. The molecule has 2 amide bonds. The van der Waals surface area contributed by atoms with Crippen LogP contribution in [-0.4, -0.2) is 67.6 Å². The minimum atomic E-state index is -0.677. The van der Waals surface area contributed by atoms with Gasteiger partial charge in [-0.1, -0.05) is 48.0 Å². The van der Waals surface area contributed by atoms with Crippen molar-refractivity contribution in [2.24, 2.45) is 0 Å². The van der Waals surface area contributed by atoms with E-state index in [1.54, 1.807) is 11.9 Å². The number of carbonyl (C=O) groups is 2. The van der Waals surface area contributed by atoms with Crippen LogP contribution in [0.1, 0.15) is 17.2 Å². The van der Waals surface area contributed by atoms with Crippen LogP contribution in [0, 0.1) is 6.92 Å². The summed E-state index contributed by atoms with van der Waals surface area (Å²) < 4.78 is 5.79. The average Bonchev–Trinajstić information content (AvgIpc) is 2.76. The first-order chi connectivity index (χ1) is 14.0. The Hall–Kier alpha value is -2.86. The van der Waals surface area contributed by atoms with Gasteiger partial charge in [0, 0.05) is 38.9 Å². The van der Waals surface area contributed by atoms with Crippen LogP contribution in [0.4, 0.5) is 5.69 Å². The molecule has 2 heterocycles. The third-order valence-electron chi connectivity index (χ3n) is 5.86. The number of piperazine rings is 1.